The van der Waals surface area contributed by atoms with Gasteiger partial charge in [-0.05, 0) is 51.1 Å². The third-order valence-corrected chi connectivity index (χ3v) is 3.85. The van der Waals surface area contributed by atoms with Crippen LogP contribution in [0, 0.1) is 12.7 Å². The summed E-state index contributed by atoms with van der Waals surface area (Å²) in [6.45, 7) is 3.69. The second-order valence-electron chi connectivity index (χ2n) is 5.31. The first kappa shape index (κ1) is 13.1. The normalized spacial score (nSPS) is 16.5. The van der Waals surface area contributed by atoms with E-state index in [1.165, 1.54) is 12.1 Å². The summed E-state index contributed by atoms with van der Waals surface area (Å²) in [5, 5.41) is 6.96. The molecule has 5 heteroatoms. The van der Waals surface area contributed by atoms with Gasteiger partial charge in [0.2, 0.25) is 0 Å². The molecule has 1 saturated heterocycles. The van der Waals surface area contributed by atoms with E-state index in [4.69, 9.17) is 0 Å². The summed E-state index contributed by atoms with van der Waals surface area (Å²) in [6.07, 6.45) is 1.86. The lowest BCUT2D eigenvalue weighted by Gasteiger charge is -2.23. The van der Waals surface area contributed by atoms with Crippen LogP contribution >= 0.6 is 0 Å². The third kappa shape index (κ3) is 2.41. The molecule has 2 aromatic rings. The summed E-state index contributed by atoms with van der Waals surface area (Å²) in [5.41, 5.74) is 2.12. The Bertz CT molecular complexity index is 644. The average molecular weight is 275 g/mol. The quantitative estimate of drug-likeness (QED) is 0.786. The molecular formula is C15H18FN3O. The summed E-state index contributed by atoms with van der Waals surface area (Å²) in [5.74, 6) is -0.446. The molecule has 0 saturated carbocycles. The topological polar surface area (TPSA) is 56.9 Å². The molecule has 1 aromatic carbocycles. The van der Waals surface area contributed by atoms with Crippen molar-refractivity contribution in [3.05, 3.63) is 35.3 Å². The summed E-state index contributed by atoms with van der Waals surface area (Å²) in [4.78, 5) is 15.6. The maximum Gasteiger partial charge on any atom is 0.253 e. The Kier molecular flexibility index (Phi) is 3.44. The number of hydrogen-bond acceptors (Lipinski definition) is 2. The molecule has 1 fully saturated rings. The second kappa shape index (κ2) is 5.25. The molecule has 1 aliphatic rings. The Morgan fingerprint density at radius 3 is 2.85 bits per heavy atom. The number of piperidine rings is 1. The minimum absolute atomic E-state index is 0.119. The van der Waals surface area contributed by atoms with E-state index < -0.39 is 0 Å². The van der Waals surface area contributed by atoms with Crippen LogP contribution < -0.4 is 10.6 Å². The van der Waals surface area contributed by atoms with Gasteiger partial charge in [-0.3, -0.25) is 4.79 Å². The number of nitrogens with one attached hydrogen (secondary N) is 3. The summed E-state index contributed by atoms with van der Waals surface area (Å²) in [6, 6.07) is 4.67. The highest BCUT2D eigenvalue weighted by Crippen LogP contribution is 2.23. The van der Waals surface area contributed by atoms with Gasteiger partial charge in [0.1, 0.15) is 5.82 Å². The van der Waals surface area contributed by atoms with Crippen LogP contribution in [0.4, 0.5) is 4.39 Å². The summed E-state index contributed by atoms with van der Waals surface area (Å²) in [7, 11) is 0. The van der Waals surface area contributed by atoms with Gasteiger partial charge in [-0.15, -0.1) is 0 Å². The van der Waals surface area contributed by atoms with Gasteiger partial charge in [0.05, 0.1) is 5.56 Å². The number of aromatic amines is 1. The first-order valence-corrected chi connectivity index (χ1v) is 6.94. The Hall–Kier alpha value is -1.88. The number of carbonyl (C=O) groups excluding carboxylic acids is 1. The zero-order valence-electron chi connectivity index (χ0n) is 11.4. The fraction of sp³-hybridized carbons (Fsp3) is 0.400. The molecule has 106 valence electrons. The average Bonchev–Trinajstić information content (AvgIpc) is 2.75. The van der Waals surface area contributed by atoms with Crippen LogP contribution in [-0.2, 0) is 0 Å². The van der Waals surface area contributed by atoms with Gasteiger partial charge >= 0.3 is 0 Å². The van der Waals surface area contributed by atoms with Gasteiger partial charge in [-0.25, -0.2) is 4.39 Å². The van der Waals surface area contributed by atoms with E-state index in [9.17, 15) is 9.18 Å². The highest BCUT2D eigenvalue weighted by atomic mass is 19.1. The number of halogens is 1. The third-order valence-electron chi connectivity index (χ3n) is 3.85. The fourth-order valence-corrected chi connectivity index (χ4v) is 2.82. The van der Waals surface area contributed by atoms with Crippen LogP contribution in [-0.4, -0.2) is 30.0 Å². The highest BCUT2D eigenvalue weighted by molar-refractivity contribution is 6.08. The van der Waals surface area contributed by atoms with E-state index in [0.717, 1.165) is 37.1 Å². The SMILES string of the molecule is Cc1[nH]c2ccc(F)cc2c1C(=O)NC1CCNCC1. The van der Waals surface area contributed by atoms with Crippen LogP contribution in [0.1, 0.15) is 28.9 Å². The van der Waals surface area contributed by atoms with Crippen molar-refractivity contribution in [3.63, 3.8) is 0 Å². The lowest BCUT2D eigenvalue weighted by Crippen LogP contribution is -2.42. The van der Waals surface area contributed by atoms with Crippen molar-refractivity contribution in [1.82, 2.24) is 15.6 Å². The maximum atomic E-state index is 13.4. The van der Waals surface area contributed by atoms with Crippen LogP contribution in [0.15, 0.2) is 18.2 Å². The van der Waals surface area contributed by atoms with Gasteiger partial charge in [0.25, 0.3) is 5.91 Å². The van der Waals surface area contributed by atoms with E-state index in [-0.39, 0.29) is 17.8 Å². The number of rotatable bonds is 2. The molecule has 20 heavy (non-hydrogen) atoms. The molecule has 0 unspecified atom stereocenters. The molecule has 3 N–H and O–H groups in total. The fourth-order valence-electron chi connectivity index (χ4n) is 2.82. The van der Waals surface area contributed by atoms with Crippen molar-refractivity contribution < 1.29 is 9.18 Å². The number of carbonyl (C=O) groups is 1. The Balaban J connectivity index is 1.90. The van der Waals surface area contributed by atoms with Gasteiger partial charge < -0.3 is 15.6 Å². The van der Waals surface area contributed by atoms with Gasteiger partial charge in [0.15, 0.2) is 0 Å². The van der Waals surface area contributed by atoms with E-state index in [1.54, 1.807) is 6.07 Å². The second-order valence-corrected chi connectivity index (χ2v) is 5.31. The molecular weight excluding hydrogens is 257 g/mol. The van der Waals surface area contributed by atoms with Crippen molar-refractivity contribution >= 4 is 16.8 Å². The van der Waals surface area contributed by atoms with E-state index in [1.807, 2.05) is 6.92 Å². The molecule has 4 nitrogen and oxygen atoms in total. The number of fused-ring (bicyclic) bond motifs is 1. The van der Waals surface area contributed by atoms with Crippen molar-refractivity contribution in [2.45, 2.75) is 25.8 Å². The van der Waals surface area contributed by atoms with Gasteiger partial charge in [-0.2, -0.15) is 0 Å². The number of H-pyrrole nitrogens is 1. The van der Waals surface area contributed by atoms with Crippen molar-refractivity contribution in [1.29, 1.82) is 0 Å². The van der Waals surface area contributed by atoms with Gasteiger partial charge in [-0.1, -0.05) is 0 Å². The van der Waals surface area contributed by atoms with Crippen LogP contribution in [0.5, 0.6) is 0 Å². The highest BCUT2D eigenvalue weighted by Gasteiger charge is 2.20. The van der Waals surface area contributed by atoms with E-state index >= 15 is 0 Å². The van der Waals surface area contributed by atoms with E-state index in [2.05, 4.69) is 15.6 Å². The molecule has 3 rings (SSSR count). The van der Waals surface area contributed by atoms with Crippen LogP contribution in [0.2, 0.25) is 0 Å². The number of amides is 1. The number of hydrogen-bond donors (Lipinski definition) is 3. The Morgan fingerprint density at radius 1 is 1.35 bits per heavy atom. The van der Waals surface area contributed by atoms with Crippen molar-refractivity contribution in [2.75, 3.05) is 13.1 Å². The molecule has 0 bridgehead atoms. The van der Waals surface area contributed by atoms with E-state index in [0.29, 0.717) is 10.9 Å². The lowest BCUT2D eigenvalue weighted by atomic mass is 10.0. The standard InChI is InChI=1S/C15H18FN3O/c1-9-14(12-8-10(16)2-3-13(12)18-9)15(20)19-11-4-6-17-7-5-11/h2-3,8,11,17-18H,4-7H2,1H3,(H,19,20). The lowest BCUT2D eigenvalue weighted by molar-refractivity contribution is 0.0930. The Morgan fingerprint density at radius 2 is 2.10 bits per heavy atom. The molecule has 0 spiro atoms. The van der Waals surface area contributed by atoms with Crippen molar-refractivity contribution in [2.24, 2.45) is 0 Å². The summed E-state index contributed by atoms with van der Waals surface area (Å²) < 4.78 is 13.4. The summed E-state index contributed by atoms with van der Waals surface area (Å²) >= 11 is 0. The molecule has 0 atom stereocenters. The molecule has 0 radical (unpaired) electrons. The smallest absolute Gasteiger partial charge is 0.253 e. The predicted molar refractivity (Wildman–Crippen MR) is 76.4 cm³/mol. The van der Waals surface area contributed by atoms with Crippen LogP contribution in [0.25, 0.3) is 10.9 Å². The van der Waals surface area contributed by atoms with Gasteiger partial charge in [0, 0.05) is 22.6 Å². The first-order valence-electron chi connectivity index (χ1n) is 6.94. The molecule has 0 aliphatic carbocycles. The molecule has 1 aromatic heterocycles. The zero-order valence-corrected chi connectivity index (χ0v) is 11.4. The first-order chi connectivity index (χ1) is 9.65. The number of benzene rings is 1. The monoisotopic (exact) mass is 275 g/mol. The maximum absolute atomic E-state index is 13.4. The molecule has 1 amide bonds. The molecule has 1 aliphatic heterocycles. The zero-order chi connectivity index (χ0) is 14.1. The van der Waals surface area contributed by atoms with Crippen molar-refractivity contribution in [3.8, 4) is 0 Å². The molecule has 2 heterocycles. The minimum Gasteiger partial charge on any atom is -0.358 e. The number of aryl methyl sites for hydroxylation is 1. The minimum atomic E-state index is -0.326. The predicted octanol–water partition coefficient (Wildman–Crippen LogP) is 2.10. The number of aromatic nitrogens is 1. The Labute approximate surface area is 116 Å². The largest absolute Gasteiger partial charge is 0.358 e. The van der Waals surface area contributed by atoms with Crippen LogP contribution in [0.3, 0.4) is 0 Å².